The third-order valence-electron chi connectivity index (χ3n) is 4.00. The zero-order valence-electron chi connectivity index (χ0n) is 12.7. The summed E-state index contributed by atoms with van der Waals surface area (Å²) in [6, 6.07) is 7.64. The molecule has 1 aliphatic rings. The Bertz CT molecular complexity index is 461. The first kappa shape index (κ1) is 15.8. The van der Waals surface area contributed by atoms with Crippen LogP contribution in [0.25, 0.3) is 0 Å². The first-order valence-electron chi connectivity index (χ1n) is 7.88. The second kappa shape index (κ2) is 8.03. The highest BCUT2D eigenvalue weighted by atomic mass is 16.5. The Labute approximate surface area is 126 Å². The quantitative estimate of drug-likeness (QED) is 0.819. The molecular formula is C17H25NO3. The van der Waals surface area contributed by atoms with Crippen molar-refractivity contribution in [3.63, 3.8) is 0 Å². The summed E-state index contributed by atoms with van der Waals surface area (Å²) in [5, 5.41) is 12.9. The van der Waals surface area contributed by atoms with E-state index >= 15 is 0 Å². The third kappa shape index (κ3) is 5.05. The lowest BCUT2D eigenvalue weighted by molar-refractivity contribution is -0.124. The lowest BCUT2D eigenvalue weighted by Crippen LogP contribution is -2.44. The van der Waals surface area contributed by atoms with Gasteiger partial charge in [-0.1, -0.05) is 38.3 Å². The van der Waals surface area contributed by atoms with Gasteiger partial charge in [-0.3, -0.25) is 4.79 Å². The van der Waals surface area contributed by atoms with Crippen molar-refractivity contribution < 1.29 is 14.6 Å². The molecule has 2 rings (SSSR count). The van der Waals surface area contributed by atoms with Crippen LogP contribution in [-0.4, -0.2) is 29.8 Å². The van der Waals surface area contributed by atoms with Crippen LogP contribution >= 0.6 is 0 Å². The molecule has 116 valence electrons. The minimum atomic E-state index is -0.431. The summed E-state index contributed by atoms with van der Waals surface area (Å²) in [5.74, 6) is 0.550. The van der Waals surface area contributed by atoms with Crippen molar-refractivity contribution in [1.29, 1.82) is 0 Å². The fraction of sp³-hybridized carbons (Fsp3) is 0.588. The molecule has 4 nitrogen and oxygen atoms in total. The highest BCUT2D eigenvalue weighted by Gasteiger charge is 2.23. The lowest BCUT2D eigenvalue weighted by atomic mass is 10.1. The first-order valence-corrected chi connectivity index (χ1v) is 7.88. The molecule has 1 fully saturated rings. The zero-order chi connectivity index (χ0) is 15.1. The van der Waals surface area contributed by atoms with Crippen LogP contribution < -0.4 is 10.1 Å². The van der Waals surface area contributed by atoms with Gasteiger partial charge in [-0.15, -0.1) is 0 Å². The third-order valence-corrected chi connectivity index (χ3v) is 4.00. The summed E-state index contributed by atoms with van der Waals surface area (Å²) >= 11 is 0. The van der Waals surface area contributed by atoms with Crippen LogP contribution in [0.1, 0.15) is 44.6 Å². The number of rotatable bonds is 5. The van der Waals surface area contributed by atoms with Gasteiger partial charge in [0.05, 0.1) is 12.1 Å². The van der Waals surface area contributed by atoms with Crippen molar-refractivity contribution in [2.75, 3.05) is 6.61 Å². The summed E-state index contributed by atoms with van der Waals surface area (Å²) in [7, 11) is 0. The van der Waals surface area contributed by atoms with Crippen molar-refractivity contribution in [2.45, 2.75) is 57.6 Å². The average Bonchev–Trinajstić information content (AvgIpc) is 2.70. The van der Waals surface area contributed by atoms with E-state index in [1.54, 1.807) is 0 Å². The highest BCUT2D eigenvalue weighted by molar-refractivity contribution is 5.77. The maximum absolute atomic E-state index is 11.9. The number of nitrogens with one attached hydrogen (secondary N) is 1. The monoisotopic (exact) mass is 291 g/mol. The van der Waals surface area contributed by atoms with Crippen molar-refractivity contribution in [1.82, 2.24) is 5.32 Å². The summed E-state index contributed by atoms with van der Waals surface area (Å²) in [5.41, 5.74) is 1.19. The Balaban J connectivity index is 1.81. The van der Waals surface area contributed by atoms with Crippen LogP contribution in [0.5, 0.6) is 5.75 Å². The van der Waals surface area contributed by atoms with E-state index < -0.39 is 6.10 Å². The van der Waals surface area contributed by atoms with Gasteiger partial charge < -0.3 is 15.2 Å². The number of hydrogen-bond donors (Lipinski definition) is 2. The lowest BCUT2D eigenvalue weighted by Gasteiger charge is -2.21. The van der Waals surface area contributed by atoms with E-state index in [-0.39, 0.29) is 18.6 Å². The van der Waals surface area contributed by atoms with E-state index in [0.717, 1.165) is 38.5 Å². The molecule has 0 bridgehead atoms. The van der Waals surface area contributed by atoms with E-state index in [0.29, 0.717) is 5.75 Å². The molecule has 2 unspecified atom stereocenters. The SMILES string of the molecule is CCc1cccc(OCC(=O)NC2CCCCCC2O)c1. The molecule has 0 heterocycles. The highest BCUT2D eigenvalue weighted by Crippen LogP contribution is 2.18. The number of ether oxygens (including phenoxy) is 1. The molecule has 2 N–H and O–H groups in total. The maximum atomic E-state index is 11.9. The molecule has 1 amide bonds. The largest absolute Gasteiger partial charge is 0.484 e. The van der Waals surface area contributed by atoms with Crippen LogP contribution in [0.15, 0.2) is 24.3 Å². The average molecular weight is 291 g/mol. The number of hydrogen-bond acceptors (Lipinski definition) is 3. The van der Waals surface area contributed by atoms with Gasteiger partial charge in [-0.2, -0.15) is 0 Å². The standard InChI is InChI=1S/C17H25NO3/c1-2-13-7-6-8-14(11-13)21-12-17(20)18-15-9-4-3-5-10-16(15)19/h6-8,11,15-16,19H,2-5,9-10,12H2,1H3,(H,18,20). The van der Waals surface area contributed by atoms with Crippen molar-refractivity contribution in [2.24, 2.45) is 0 Å². The molecule has 1 aromatic carbocycles. The molecule has 0 saturated heterocycles. The number of benzene rings is 1. The number of aryl methyl sites for hydroxylation is 1. The van der Waals surface area contributed by atoms with Crippen LogP contribution in [0, 0.1) is 0 Å². The van der Waals surface area contributed by atoms with Gasteiger partial charge in [0.1, 0.15) is 5.75 Å². The summed E-state index contributed by atoms with van der Waals surface area (Å²) in [4.78, 5) is 11.9. The van der Waals surface area contributed by atoms with Gasteiger partial charge in [0.2, 0.25) is 0 Å². The van der Waals surface area contributed by atoms with Gasteiger partial charge in [-0.25, -0.2) is 0 Å². The predicted molar refractivity (Wildman–Crippen MR) is 82.3 cm³/mol. The second-order valence-corrected chi connectivity index (χ2v) is 5.67. The Morgan fingerprint density at radius 2 is 2.14 bits per heavy atom. The molecule has 0 radical (unpaired) electrons. The Morgan fingerprint density at radius 1 is 1.33 bits per heavy atom. The second-order valence-electron chi connectivity index (χ2n) is 5.67. The summed E-state index contributed by atoms with van der Waals surface area (Å²) in [6.45, 7) is 2.08. The number of amides is 1. The topological polar surface area (TPSA) is 58.6 Å². The van der Waals surface area contributed by atoms with Crippen molar-refractivity contribution >= 4 is 5.91 Å². The smallest absolute Gasteiger partial charge is 0.258 e. The van der Waals surface area contributed by atoms with Gasteiger partial charge in [0.15, 0.2) is 6.61 Å². The van der Waals surface area contributed by atoms with E-state index in [9.17, 15) is 9.90 Å². The summed E-state index contributed by atoms with van der Waals surface area (Å²) in [6.07, 6.45) is 5.35. The minimum absolute atomic E-state index is 0.00358. The Kier molecular flexibility index (Phi) is 6.05. The van der Waals surface area contributed by atoms with Gasteiger partial charge in [-0.05, 0) is 37.0 Å². The van der Waals surface area contributed by atoms with Crippen LogP contribution in [0.4, 0.5) is 0 Å². The van der Waals surface area contributed by atoms with Crippen molar-refractivity contribution in [3.8, 4) is 5.75 Å². The normalized spacial score (nSPS) is 22.4. The molecule has 21 heavy (non-hydrogen) atoms. The molecule has 1 aliphatic carbocycles. The molecule has 1 saturated carbocycles. The fourth-order valence-corrected chi connectivity index (χ4v) is 2.71. The van der Waals surface area contributed by atoms with Gasteiger partial charge in [0, 0.05) is 0 Å². The van der Waals surface area contributed by atoms with E-state index in [1.165, 1.54) is 5.56 Å². The first-order chi connectivity index (χ1) is 10.2. The molecule has 0 aromatic heterocycles. The number of aliphatic hydroxyl groups is 1. The molecule has 0 spiro atoms. The van der Waals surface area contributed by atoms with E-state index in [2.05, 4.69) is 12.2 Å². The van der Waals surface area contributed by atoms with Crippen LogP contribution in [-0.2, 0) is 11.2 Å². The minimum Gasteiger partial charge on any atom is -0.484 e. The van der Waals surface area contributed by atoms with Gasteiger partial charge in [0.25, 0.3) is 5.91 Å². The molecular weight excluding hydrogens is 266 g/mol. The van der Waals surface area contributed by atoms with E-state index in [1.807, 2.05) is 24.3 Å². The molecule has 4 heteroatoms. The summed E-state index contributed by atoms with van der Waals surface area (Å²) < 4.78 is 5.52. The molecule has 2 atom stereocenters. The maximum Gasteiger partial charge on any atom is 0.258 e. The number of carbonyl (C=O) groups is 1. The van der Waals surface area contributed by atoms with Crippen LogP contribution in [0.3, 0.4) is 0 Å². The van der Waals surface area contributed by atoms with Gasteiger partial charge >= 0.3 is 0 Å². The number of aliphatic hydroxyl groups excluding tert-OH is 1. The molecule has 1 aromatic rings. The number of carbonyl (C=O) groups excluding carboxylic acids is 1. The zero-order valence-corrected chi connectivity index (χ0v) is 12.7. The molecule has 0 aliphatic heterocycles. The Morgan fingerprint density at radius 3 is 2.95 bits per heavy atom. The Hall–Kier alpha value is -1.55. The van der Waals surface area contributed by atoms with Crippen molar-refractivity contribution in [3.05, 3.63) is 29.8 Å². The van der Waals surface area contributed by atoms with Crippen LogP contribution in [0.2, 0.25) is 0 Å². The predicted octanol–water partition coefficient (Wildman–Crippen LogP) is 2.44. The fourth-order valence-electron chi connectivity index (χ4n) is 2.71. The van der Waals surface area contributed by atoms with E-state index in [4.69, 9.17) is 4.74 Å².